The standard InChI is InChI=1S/C19H20N2O3S2/c1-2-12-20-26(23,24)15-9-7-14(8-10-15)19(22)21-17-11-13-25-18-6-4-3-5-16(17)18/h2-10,17,20H,1,11-13H2,(H,21,22). The molecule has 1 aliphatic heterocycles. The van der Waals surface area contributed by atoms with Crippen molar-refractivity contribution >= 4 is 27.7 Å². The normalized spacial score (nSPS) is 16.5. The van der Waals surface area contributed by atoms with Gasteiger partial charge in [-0.25, -0.2) is 13.1 Å². The van der Waals surface area contributed by atoms with Gasteiger partial charge in [0, 0.05) is 22.8 Å². The molecule has 7 heteroatoms. The van der Waals surface area contributed by atoms with Crippen molar-refractivity contribution in [2.75, 3.05) is 12.3 Å². The molecule has 0 saturated carbocycles. The van der Waals surface area contributed by atoms with Gasteiger partial charge in [0.1, 0.15) is 0 Å². The van der Waals surface area contributed by atoms with E-state index in [-0.39, 0.29) is 23.4 Å². The van der Waals surface area contributed by atoms with Crippen molar-refractivity contribution in [1.29, 1.82) is 0 Å². The monoisotopic (exact) mass is 388 g/mol. The van der Waals surface area contributed by atoms with Crippen LogP contribution in [-0.4, -0.2) is 26.6 Å². The lowest BCUT2D eigenvalue weighted by molar-refractivity contribution is 0.0935. The molecule has 0 aliphatic carbocycles. The van der Waals surface area contributed by atoms with Crippen LogP contribution >= 0.6 is 11.8 Å². The van der Waals surface area contributed by atoms with Crippen LogP contribution < -0.4 is 10.0 Å². The Balaban J connectivity index is 1.73. The lowest BCUT2D eigenvalue weighted by Gasteiger charge is -2.25. The highest BCUT2D eigenvalue weighted by Crippen LogP contribution is 2.35. The number of amides is 1. The number of nitrogens with one attached hydrogen (secondary N) is 2. The van der Waals surface area contributed by atoms with E-state index in [0.29, 0.717) is 5.56 Å². The van der Waals surface area contributed by atoms with Crippen LogP contribution in [0.15, 0.2) is 71.0 Å². The van der Waals surface area contributed by atoms with Crippen molar-refractivity contribution in [2.24, 2.45) is 0 Å². The second kappa shape index (κ2) is 8.07. The molecule has 26 heavy (non-hydrogen) atoms. The first-order chi connectivity index (χ1) is 12.5. The van der Waals surface area contributed by atoms with E-state index >= 15 is 0 Å². The predicted molar refractivity (Wildman–Crippen MR) is 104 cm³/mol. The van der Waals surface area contributed by atoms with Crippen LogP contribution in [0.5, 0.6) is 0 Å². The zero-order valence-corrected chi connectivity index (χ0v) is 15.8. The summed E-state index contributed by atoms with van der Waals surface area (Å²) in [6, 6.07) is 14.0. The summed E-state index contributed by atoms with van der Waals surface area (Å²) in [6.45, 7) is 3.64. The molecule has 136 valence electrons. The first-order valence-electron chi connectivity index (χ1n) is 8.24. The van der Waals surface area contributed by atoms with Gasteiger partial charge in [-0.1, -0.05) is 24.3 Å². The molecule has 0 spiro atoms. The molecule has 1 amide bonds. The van der Waals surface area contributed by atoms with E-state index in [2.05, 4.69) is 22.7 Å². The minimum atomic E-state index is -3.59. The van der Waals surface area contributed by atoms with E-state index in [4.69, 9.17) is 0 Å². The summed E-state index contributed by atoms with van der Waals surface area (Å²) in [5.74, 6) is 0.744. The number of rotatable bonds is 6. The number of benzene rings is 2. The summed E-state index contributed by atoms with van der Waals surface area (Å²) in [4.78, 5) is 13.9. The molecule has 1 aliphatic rings. The number of hydrogen-bond donors (Lipinski definition) is 2. The van der Waals surface area contributed by atoms with Gasteiger partial charge in [-0.2, -0.15) is 0 Å². The van der Waals surface area contributed by atoms with Gasteiger partial charge < -0.3 is 5.32 Å². The number of thioether (sulfide) groups is 1. The number of sulfonamides is 1. The second-order valence-electron chi connectivity index (χ2n) is 5.87. The zero-order valence-electron chi connectivity index (χ0n) is 14.1. The maximum absolute atomic E-state index is 12.6. The quantitative estimate of drug-likeness (QED) is 0.746. The summed E-state index contributed by atoms with van der Waals surface area (Å²) in [5.41, 5.74) is 1.56. The van der Waals surface area contributed by atoms with Crippen LogP contribution in [0.1, 0.15) is 28.4 Å². The maximum Gasteiger partial charge on any atom is 0.251 e. The van der Waals surface area contributed by atoms with Crippen molar-refractivity contribution in [1.82, 2.24) is 10.0 Å². The summed E-state index contributed by atoms with van der Waals surface area (Å²) < 4.78 is 26.5. The molecule has 1 heterocycles. The lowest BCUT2D eigenvalue weighted by atomic mass is 10.0. The first kappa shape index (κ1) is 18.7. The van der Waals surface area contributed by atoms with Gasteiger partial charge in [0.2, 0.25) is 10.0 Å². The van der Waals surface area contributed by atoms with Gasteiger partial charge in [-0.05, 0) is 42.3 Å². The fourth-order valence-electron chi connectivity index (χ4n) is 2.77. The summed E-state index contributed by atoms with van der Waals surface area (Å²) in [7, 11) is -3.59. The second-order valence-corrected chi connectivity index (χ2v) is 8.77. The molecule has 0 aromatic heterocycles. The molecule has 0 radical (unpaired) electrons. The minimum absolute atomic E-state index is 0.0300. The number of carbonyl (C=O) groups is 1. The van der Waals surface area contributed by atoms with E-state index in [1.54, 1.807) is 11.8 Å². The van der Waals surface area contributed by atoms with E-state index in [9.17, 15) is 13.2 Å². The molecular weight excluding hydrogens is 368 g/mol. The highest BCUT2D eigenvalue weighted by Gasteiger charge is 2.22. The number of carbonyl (C=O) groups excluding carboxylic acids is 1. The summed E-state index contributed by atoms with van der Waals surface area (Å²) in [5, 5.41) is 3.05. The van der Waals surface area contributed by atoms with Gasteiger partial charge in [-0.3, -0.25) is 4.79 Å². The molecule has 2 aromatic carbocycles. The van der Waals surface area contributed by atoms with Gasteiger partial charge in [-0.15, -0.1) is 18.3 Å². The van der Waals surface area contributed by atoms with Crippen molar-refractivity contribution in [3.63, 3.8) is 0 Å². The summed E-state index contributed by atoms with van der Waals surface area (Å²) >= 11 is 1.79. The Morgan fingerprint density at radius 2 is 1.92 bits per heavy atom. The molecule has 1 atom stereocenters. The molecule has 2 N–H and O–H groups in total. The first-order valence-corrected chi connectivity index (χ1v) is 10.7. The molecule has 0 bridgehead atoms. The third-order valence-corrected chi connectivity index (χ3v) is 6.67. The van der Waals surface area contributed by atoms with E-state index in [1.165, 1.54) is 35.2 Å². The largest absolute Gasteiger partial charge is 0.345 e. The highest BCUT2D eigenvalue weighted by molar-refractivity contribution is 7.99. The number of fused-ring (bicyclic) bond motifs is 1. The Bertz CT molecular complexity index is 909. The van der Waals surface area contributed by atoms with Crippen LogP contribution in [0.3, 0.4) is 0 Å². The van der Waals surface area contributed by atoms with Crippen molar-refractivity contribution in [2.45, 2.75) is 22.3 Å². The predicted octanol–water partition coefficient (Wildman–Crippen LogP) is 3.12. The van der Waals surface area contributed by atoms with Crippen molar-refractivity contribution < 1.29 is 13.2 Å². The van der Waals surface area contributed by atoms with Crippen molar-refractivity contribution in [3.8, 4) is 0 Å². The average Bonchev–Trinajstić information content (AvgIpc) is 2.67. The Morgan fingerprint density at radius 3 is 2.65 bits per heavy atom. The van der Waals surface area contributed by atoms with Crippen LogP contribution in [-0.2, 0) is 10.0 Å². The number of hydrogen-bond acceptors (Lipinski definition) is 4. The minimum Gasteiger partial charge on any atom is -0.345 e. The molecule has 0 saturated heterocycles. The molecule has 5 nitrogen and oxygen atoms in total. The third kappa shape index (κ3) is 4.17. The Kier molecular flexibility index (Phi) is 5.80. The molecule has 0 fully saturated rings. The molecule has 3 rings (SSSR count). The Morgan fingerprint density at radius 1 is 1.19 bits per heavy atom. The van der Waals surface area contributed by atoms with E-state index < -0.39 is 10.0 Å². The topological polar surface area (TPSA) is 75.3 Å². The van der Waals surface area contributed by atoms with Gasteiger partial charge in [0.25, 0.3) is 5.91 Å². The molecule has 1 unspecified atom stereocenters. The van der Waals surface area contributed by atoms with Crippen LogP contribution in [0.2, 0.25) is 0 Å². The summed E-state index contributed by atoms with van der Waals surface area (Å²) in [6.07, 6.45) is 2.34. The fraction of sp³-hybridized carbons (Fsp3) is 0.211. The smallest absolute Gasteiger partial charge is 0.251 e. The average molecular weight is 389 g/mol. The maximum atomic E-state index is 12.6. The Hall–Kier alpha value is -2.09. The molecule has 2 aromatic rings. The van der Waals surface area contributed by atoms with Gasteiger partial charge >= 0.3 is 0 Å². The lowest BCUT2D eigenvalue weighted by Crippen LogP contribution is -2.30. The highest BCUT2D eigenvalue weighted by atomic mass is 32.2. The SMILES string of the molecule is C=CCNS(=O)(=O)c1ccc(C(=O)NC2CCSc3ccccc32)cc1. The third-order valence-electron chi connectivity index (χ3n) is 4.11. The van der Waals surface area contributed by atoms with Gasteiger partial charge in [0.05, 0.1) is 10.9 Å². The molecular formula is C19H20N2O3S2. The van der Waals surface area contributed by atoms with E-state index in [1.807, 2.05) is 18.2 Å². The van der Waals surface area contributed by atoms with Crippen LogP contribution in [0, 0.1) is 0 Å². The van der Waals surface area contributed by atoms with Crippen LogP contribution in [0.25, 0.3) is 0 Å². The van der Waals surface area contributed by atoms with Crippen molar-refractivity contribution in [3.05, 3.63) is 72.3 Å². The fourth-order valence-corrected chi connectivity index (χ4v) is 4.89. The van der Waals surface area contributed by atoms with Crippen LogP contribution in [0.4, 0.5) is 0 Å². The van der Waals surface area contributed by atoms with Gasteiger partial charge in [0.15, 0.2) is 0 Å². The van der Waals surface area contributed by atoms with E-state index in [0.717, 1.165) is 17.7 Å². The zero-order chi connectivity index (χ0) is 18.6. The Labute approximate surface area is 157 Å².